The van der Waals surface area contributed by atoms with E-state index in [0.29, 0.717) is 0 Å². The van der Waals surface area contributed by atoms with Crippen molar-refractivity contribution >= 4 is 11.9 Å². The molecule has 0 unspecified atom stereocenters. The Morgan fingerprint density at radius 1 is 1.11 bits per heavy atom. The van der Waals surface area contributed by atoms with Gasteiger partial charge in [-0.15, -0.1) is 6.42 Å². The molecule has 0 aromatic heterocycles. The van der Waals surface area contributed by atoms with Gasteiger partial charge in [-0.2, -0.15) is 0 Å². The summed E-state index contributed by atoms with van der Waals surface area (Å²) < 4.78 is 5.31. The largest absolute Gasteiger partial charge is 0.481 e. The highest BCUT2D eigenvalue weighted by Gasteiger charge is 1.93. The molecule has 0 fully saturated rings. The molecule has 0 amide bonds. The van der Waals surface area contributed by atoms with Crippen LogP contribution in [0, 0.1) is 19.3 Å². The van der Waals surface area contributed by atoms with Gasteiger partial charge in [-0.05, 0) is 48.9 Å². The summed E-state index contributed by atoms with van der Waals surface area (Å²) in [6.07, 6.45) is 6.96. The highest BCUT2D eigenvalue weighted by Crippen LogP contribution is 2.14. The molecule has 0 heterocycles. The summed E-state index contributed by atoms with van der Waals surface area (Å²) in [4.78, 5) is 4.41. The number of nitrogens with zero attached hydrogens (tertiary/aromatic N) is 1. The van der Waals surface area contributed by atoms with E-state index < -0.39 is 0 Å². The number of hydrogen-bond acceptors (Lipinski definition) is 2. The number of hydrogen-bond donors (Lipinski definition) is 0. The van der Waals surface area contributed by atoms with Gasteiger partial charge in [0.25, 0.3) is 0 Å². The van der Waals surface area contributed by atoms with Gasteiger partial charge < -0.3 is 4.74 Å². The maximum Gasteiger partial charge on any atom is 0.148 e. The summed E-state index contributed by atoms with van der Waals surface area (Å²) in [5.41, 5.74) is 3.20. The number of aryl methyl sites for hydroxylation is 1. The fraction of sp³-hybridized carbons (Fsp3) is 0.118. The van der Waals surface area contributed by atoms with Crippen LogP contribution >= 0.6 is 0 Å². The lowest BCUT2D eigenvalue weighted by atomic mass is 10.2. The summed E-state index contributed by atoms with van der Waals surface area (Å²) in [6.45, 7) is 2.35. The van der Waals surface area contributed by atoms with E-state index in [-0.39, 0.29) is 6.61 Å². The average molecular weight is 249 g/mol. The molecule has 0 aliphatic carbocycles. The van der Waals surface area contributed by atoms with E-state index in [1.165, 1.54) is 5.56 Å². The van der Waals surface area contributed by atoms with Gasteiger partial charge >= 0.3 is 0 Å². The van der Waals surface area contributed by atoms with Crippen LogP contribution in [0.1, 0.15) is 11.1 Å². The van der Waals surface area contributed by atoms with Crippen molar-refractivity contribution in [2.24, 2.45) is 4.99 Å². The number of ether oxygens (including phenoxy) is 1. The van der Waals surface area contributed by atoms with Crippen LogP contribution in [-0.2, 0) is 0 Å². The average Bonchev–Trinajstić information content (AvgIpc) is 2.46. The molecule has 2 rings (SSSR count). The number of rotatable bonds is 4. The first kappa shape index (κ1) is 12.9. The second kappa shape index (κ2) is 6.42. The smallest absolute Gasteiger partial charge is 0.148 e. The number of aliphatic imine (C=N–C) groups is 1. The topological polar surface area (TPSA) is 21.6 Å². The van der Waals surface area contributed by atoms with Crippen molar-refractivity contribution < 1.29 is 4.74 Å². The van der Waals surface area contributed by atoms with Crippen LogP contribution in [-0.4, -0.2) is 12.8 Å². The molecule has 0 saturated heterocycles. The van der Waals surface area contributed by atoms with E-state index in [9.17, 15) is 0 Å². The fourth-order valence-electron chi connectivity index (χ4n) is 1.56. The second-order valence-corrected chi connectivity index (χ2v) is 4.16. The van der Waals surface area contributed by atoms with E-state index in [4.69, 9.17) is 11.2 Å². The molecule has 0 N–H and O–H groups in total. The lowest BCUT2D eigenvalue weighted by Gasteiger charge is -2.01. The van der Waals surface area contributed by atoms with Crippen molar-refractivity contribution in [2.45, 2.75) is 6.92 Å². The maximum atomic E-state index is 5.31. The third-order valence-electron chi connectivity index (χ3n) is 2.60. The highest BCUT2D eigenvalue weighted by atomic mass is 16.5. The molecule has 0 spiro atoms. The van der Waals surface area contributed by atoms with Gasteiger partial charge in [-0.1, -0.05) is 23.6 Å². The molecule has 0 radical (unpaired) electrons. The Morgan fingerprint density at radius 3 is 2.42 bits per heavy atom. The zero-order chi connectivity index (χ0) is 13.5. The fourth-order valence-corrected chi connectivity index (χ4v) is 1.56. The molecule has 19 heavy (non-hydrogen) atoms. The first-order valence-electron chi connectivity index (χ1n) is 6.05. The Labute approximate surface area is 113 Å². The first-order chi connectivity index (χ1) is 9.28. The van der Waals surface area contributed by atoms with Gasteiger partial charge in [-0.25, -0.2) is 0 Å². The number of terminal acetylenes is 1. The molecule has 2 heteroatoms. The molecule has 0 bridgehead atoms. The summed E-state index contributed by atoms with van der Waals surface area (Å²) in [7, 11) is 0. The summed E-state index contributed by atoms with van der Waals surface area (Å²) in [5.74, 6) is 3.20. The molecule has 2 aromatic rings. The van der Waals surface area contributed by atoms with Gasteiger partial charge in [0.1, 0.15) is 12.4 Å². The summed E-state index contributed by atoms with van der Waals surface area (Å²) in [6, 6.07) is 15.7. The van der Waals surface area contributed by atoms with E-state index in [2.05, 4.69) is 17.8 Å². The quantitative estimate of drug-likeness (QED) is 0.597. The van der Waals surface area contributed by atoms with E-state index in [1.807, 2.05) is 54.7 Å². The Kier molecular flexibility index (Phi) is 4.36. The third kappa shape index (κ3) is 4.01. The molecule has 0 aliphatic heterocycles. The van der Waals surface area contributed by atoms with E-state index in [1.54, 1.807) is 0 Å². The molecule has 94 valence electrons. The maximum absolute atomic E-state index is 5.31. The Bertz CT molecular complexity index is 589. The first-order valence-corrected chi connectivity index (χ1v) is 6.05. The third-order valence-corrected chi connectivity index (χ3v) is 2.60. The molecule has 2 nitrogen and oxygen atoms in total. The van der Waals surface area contributed by atoms with Crippen molar-refractivity contribution in [1.82, 2.24) is 0 Å². The van der Waals surface area contributed by atoms with Gasteiger partial charge in [0, 0.05) is 6.21 Å². The van der Waals surface area contributed by atoms with Crippen LogP contribution in [0.15, 0.2) is 53.5 Å². The van der Waals surface area contributed by atoms with Gasteiger partial charge in [0.15, 0.2) is 0 Å². The standard InChI is InChI=1S/C17H15NO/c1-3-12-19-17-10-6-15(7-11-17)13-18-16-8-4-14(2)5-9-16/h1,4-11,13H,12H2,2H3. The molecular formula is C17H15NO. The SMILES string of the molecule is C#CCOc1ccc(C=Nc2ccc(C)cc2)cc1. The van der Waals surface area contributed by atoms with Crippen LogP contribution in [0.4, 0.5) is 5.69 Å². The lowest BCUT2D eigenvalue weighted by Crippen LogP contribution is -1.93. The molecule has 2 aromatic carbocycles. The predicted molar refractivity (Wildman–Crippen MR) is 79.2 cm³/mol. The molecule has 0 atom stereocenters. The minimum absolute atomic E-state index is 0.288. The van der Waals surface area contributed by atoms with E-state index >= 15 is 0 Å². The van der Waals surface area contributed by atoms with Crippen LogP contribution < -0.4 is 4.74 Å². The van der Waals surface area contributed by atoms with E-state index in [0.717, 1.165) is 17.0 Å². The molecule has 0 saturated carbocycles. The zero-order valence-electron chi connectivity index (χ0n) is 10.8. The molecule has 0 aliphatic rings. The van der Waals surface area contributed by atoms with Crippen LogP contribution in [0.3, 0.4) is 0 Å². The Hall–Kier alpha value is -2.53. The Morgan fingerprint density at radius 2 is 1.79 bits per heavy atom. The Balaban J connectivity index is 2.03. The normalized spacial score (nSPS) is 10.3. The molecular weight excluding hydrogens is 234 g/mol. The minimum Gasteiger partial charge on any atom is -0.481 e. The van der Waals surface area contributed by atoms with Gasteiger partial charge in [0.2, 0.25) is 0 Å². The second-order valence-electron chi connectivity index (χ2n) is 4.16. The number of benzene rings is 2. The summed E-state index contributed by atoms with van der Waals surface area (Å²) in [5, 5.41) is 0. The van der Waals surface area contributed by atoms with Crippen molar-refractivity contribution in [3.63, 3.8) is 0 Å². The minimum atomic E-state index is 0.288. The van der Waals surface area contributed by atoms with Gasteiger partial charge in [-0.3, -0.25) is 4.99 Å². The van der Waals surface area contributed by atoms with Crippen LogP contribution in [0.2, 0.25) is 0 Å². The van der Waals surface area contributed by atoms with Crippen LogP contribution in [0.5, 0.6) is 5.75 Å². The summed E-state index contributed by atoms with van der Waals surface area (Å²) >= 11 is 0. The highest BCUT2D eigenvalue weighted by molar-refractivity contribution is 5.82. The van der Waals surface area contributed by atoms with Crippen LogP contribution in [0.25, 0.3) is 0 Å². The predicted octanol–water partition coefficient (Wildman–Crippen LogP) is 3.76. The van der Waals surface area contributed by atoms with Crippen molar-refractivity contribution in [3.8, 4) is 18.1 Å². The lowest BCUT2D eigenvalue weighted by molar-refractivity contribution is 0.370. The zero-order valence-corrected chi connectivity index (χ0v) is 10.8. The van der Waals surface area contributed by atoms with Crippen molar-refractivity contribution in [2.75, 3.05) is 6.61 Å². The van der Waals surface area contributed by atoms with Crippen molar-refractivity contribution in [3.05, 3.63) is 59.7 Å². The van der Waals surface area contributed by atoms with Gasteiger partial charge in [0.05, 0.1) is 5.69 Å². The van der Waals surface area contributed by atoms with Crippen molar-refractivity contribution in [1.29, 1.82) is 0 Å². The monoisotopic (exact) mass is 249 g/mol.